The molecular formula is C85H94BNO2. The molecule has 0 spiro atoms. The second-order valence-corrected chi connectivity index (χ2v) is 29.2. The number of aryl methyl sites for hydroxylation is 3. The van der Waals surface area contributed by atoms with Crippen LogP contribution in [0.2, 0.25) is 0 Å². The van der Waals surface area contributed by atoms with Gasteiger partial charge >= 0.3 is 0 Å². The molecule has 0 radical (unpaired) electrons. The van der Waals surface area contributed by atoms with Crippen molar-refractivity contribution < 1.29 is 8.83 Å². The van der Waals surface area contributed by atoms with E-state index in [1.54, 1.807) is 0 Å². The summed E-state index contributed by atoms with van der Waals surface area (Å²) in [5, 5.41) is 3.50. The molecule has 11 rings (SSSR count). The van der Waals surface area contributed by atoms with Crippen molar-refractivity contribution in [2.24, 2.45) is 0 Å². The van der Waals surface area contributed by atoms with Gasteiger partial charge in [0.1, 0.15) is 22.5 Å². The van der Waals surface area contributed by atoms with Crippen molar-refractivity contribution in [2.45, 2.75) is 165 Å². The van der Waals surface area contributed by atoms with Gasteiger partial charge < -0.3 is 13.7 Å². The standard InChI is InChI=1S/C69H78BNO.C16H16O/c1-16-25-51(42-49-26-18-17-19-27-49)44-64-60(43-50-35-38-53(39-36-50)66(4,5)6)70(59-45-54(67(7,8)9)37-34-47(59)2)61-46-55(68(10,11)12)40-41-63(61)71(64)62-33-23-21-30-56(62)57-31-24-29-52-28-20-22-32-58(69(13,14)15)48(3)72-65(52)57;1-10(2)12-7-5-9-14-13-8-4-6-11(3)15(13)17-16(12)14/h16-41,44-46H,42-43H2,1-15H3;4-10H,1-3H3/b25-16+,28-20?,32-22?,51-44+,58-48?;. The minimum atomic E-state index is -0.115. The highest BCUT2D eigenvalue weighted by molar-refractivity contribution is 6.92. The minimum absolute atomic E-state index is 0.0391. The fraction of sp³-hybridized carbons (Fsp3) is 0.294. The quantitative estimate of drug-likeness (QED) is 0.101. The molecule has 2 aromatic heterocycles. The lowest BCUT2D eigenvalue weighted by Crippen LogP contribution is -2.52. The van der Waals surface area contributed by atoms with Crippen LogP contribution in [0, 0.1) is 20.8 Å². The Labute approximate surface area is 533 Å². The van der Waals surface area contributed by atoms with E-state index < -0.39 is 0 Å². The van der Waals surface area contributed by atoms with Crippen LogP contribution in [-0.2, 0) is 34.5 Å². The molecular weight excluding hydrogens is 1080 g/mol. The number of rotatable bonds is 10. The van der Waals surface area contributed by atoms with Crippen LogP contribution in [0.1, 0.15) is 166 Å². The average Bonchev–Trinajstić information content (AvgIpc) is 1.24. The lowest BCUT2D eigenvalue weighted by molar-refractivity contribution is 0.512. The SMILES string of the molecule is C/C=C/C(=C\C1=C(Cc2ccc(C(C)(C)C)cc2)B(c2cc(C(C)(C)C)ccc2C)c2cc(C(C)(C)C)ccc2N1c1ccccc1-c1cccc2ccccc(C(C)(C)C)c(C)oc12)Cc1ccccc1.Cc1cccc2c1oc1c(C(C)C)cccc12. The highest BCUT2D eigenvalue weighted by atomic mass is 16.3. The smallest absolute Gasteiger partial charge is 0.242 e. The van der Waals surface area contributed by atoms with Crippen molar-refractivity contribution in [1.29, 1.82) is 0 Å². The Hall–Kier alpha value is -8.34. The summed E-state index contributed by atoms with van der Waals surface area (Å²) in [6, 6.07) is 72.0. The van der Waals surface area contributed by atoms with E-state index in [0.717, 1.165) is 57.6 Å². The van der Waals surface area contributed by atoms with E-state index in [0.29, 0.717) is 5.92 Å². The van der Waals surface area contributed by atoms with E-state index in [2.05, 4.69) is 342 Å². The summed E-state index contributed by atoms with van der Waals surface area (Å²) in [5.41, 5.74) is 25.2. The molecule has 3 nitrogen and oxygen atoms in total. The number of hydrogen-bond donors (Lipinski definition) is 0. The summed E-state index contributed by atoms with van der Waals surface area (Å²) in [7, 11) is 0. The highest BCUT2D eigenvalue weighted by Gasteiger charge is 2.40. The first kappa shape index (κ1) is 63.7. The number of nitrogens with zero attached hydrogens (tertiary/aromatic N) is 1. The zero-order chi connectivity index (χ0) is 63.7. The molecule has 1 aliphatic rings. The molecule has 3 heterocycles. The van der Waals surface area contributed by atoms with Gasteiger partial charge in [-0.2, -0.15) is 0 Å². The Bertz CT molecular complexity index is 4360. The number of benzene rings is 8. The number of anilines is 2. The van der Waals surface area contributed by atoms with Crippen LogP contribution in [0.5, 0.6) is 0 Å². The van der Waals surface area contributed by atoms with Gasteiger partial charge in [0.05, 0.1) is 5.69 Å². The molecule has 0 fully saturated rings. The Kier molecular flexibility index (Phi) is 18.3. The van der Waals surface area contributed by atoms with Crippen LogP contribution >= 0.6 is 0 Å². The maximum absolute atomic E-state index is 7.18. The third-order valence-electron chi connectivity index (χ3n) is 17.9. The zero-order valence-electron chi connectivity index (χ0n) is 56.5. The van der Waals surface area contributed by atoms with E-state index in [1.807, 2.05) is 0 Å². The summed E-state index contributed by atoms with van der Waals surface area (Å²) >= 11 is 0. The number of hydrogen-bond acceptors (Lipinski definition) is 3. The first-order valence-corrected chi connectivity index (χ1v) is 32.3. The summed E-state index contributed by atoms with van der Waals surface area (Å²) in [4.78, 5) is 2.61. The van der Waals surface area contributed by atoms with E-state index in [1.165, 1.54) is 94.2 Å². The minimum Gasteiger partial charge on any atom is -0.460 e. The van der Waals surface area contributed by atoms with E-state index in [9.17, 15) is 0 Å². The van der Waals surface area contributed by atoms with Crippen LogP contribution in [0.25, 0.3) is 44.0 Å². The Balaban J connectivity index is 0.000000438. The third-order valence-corrected chi connectivity index (χ3v) is 17.9. The number of allylic oxidation sites excluding steroid dienone is 5. The van der Waals surface area contributed by atoms with E-state index >= 15 is 0 Å². The van der Waals surface area contributed by atoms with Gasteiger partial charge in [0.25, 0.3) is 0 Å². The molecule has 454 valence electrons. The number of furan rings is 1. The van der Waals surface area contributed by atoms with Gasteiger partial charge in [0.2, 0.25) is 6.71 Å². The molecule has 8 aromatic carbocycles. The molecule has 0 N–H and O–H groups in total. The predicted octanol–water partition coefficient (Wildman–Crippen LogP) is 22.6. The second-order valence-electron chi connectivity index (χ2n) is 29.2. The molecule has 1 aliphatic heterocycles. The fourth-order valence-corrected chi connectivity index (χ4v) is 12.9. The Morgan fingerprint density at radius 2 is 1.06 bits per heavy atom. The van der Waals surface area contributed by atoms with Gasteiger partial charge in [-0.1, -0.05) is 308 Å². The van der Waals surface area contributed by atoms with Gasteiger partial charge in [-0.3, -0.25) is 0 Å². The second kappa shape index (κ2) is 25.6. The summed E-state index contributed by atoms with van der Waals surface area (Å²) in [6.07, 6.45) is 8.59. The Morgan fingerprint density at radius 1 is 0.483 bits per heavy atom. The van der Waals surface area contributed by atoms with Crippen LogP contribution in [0.4, 0.5) is 11.4 Å². The molecule has 0 amide bonds. The van der Waals surface area contributed by atoms with Gasteiger partial charge in [0.15, 0.2) is 0 Å². The van der Waals surface area contributed by atoms with Gasteiger partial charge in [0, 0.05) is 38.7 Å². The summed E-state index contributed by atoms with van der Waals surface area (Å²) in [6.45, 7) is 40.8. The van der Waals surface area contributed by atoms with Gasteiger partial charge in [-0.05, 0) is 142 Å². The lowest BCUT2D eigenvalue weighted by atomic mass is 9.33. The number of fused-ring (bicyclic) bond motifs is 5. The highest BCUT2D eigenvalue weighted by Crippen LogP contribution is 2.45. The predicted molar refractivity (Wildman–Crippen MR) is 386 cm³/mol. The van der Waals surface area contributed by atoms with Crippen LogP contribution in [-0.4, -0.2) is 6.71 Å². The van der Waals surface area contributed by atoms with Crippen molar-refractivity contribution in [3.05, 3.63) is 285 Å². The molecule has 0 bridgehead atoms. The topological polar surface area (TPSA) is 29.5 Å². The molecule has 0 atom stereocenters. The number of para-hydroxylation sites is 4. The maximum Gasteiger partial charge on any atom is 0.242 e. The van der Waals surface area contributed by atoms with Gasteiger partial charge in [-0.25, -0.2) is 0 Å². The Morgan fingerprint density at radius 3 is 1.72 bits per heavy atom. The van der Waals surface area contributed by atoms with Crippen molar-refractivity contribution in [2.75, 3.05) is 4.90 Å². The average molecular weight is 1170 g/mol. The van der Waals surface area contributed by atoms with Crippen molar-refractivity contribution >= 4 is 61.9 Å². The summed E-state index contributed by atoms with van der Waals surface area (Å²) in [5.74, 6) is 1.39. The molecule has 10 aromatic rings. The molecule has 89 heavy (non-hydrogen) atoms. The fourth-order valence-electron chi connectivity index (χ4n) is 12.9. The largest absolute Gasteiger partial charge is 0.460 e. The molecule has 0 saturated heterocycles. The zero-order valence-corrected chi connectivity index (χ0v) is 56.5. The first-order valence-electron chi connectivity index (χ1n) is 32.3. The summed E-state index contributed by atoms with van der Waals surface area (Å²) < 4.78 is 13.3. The monoisotopic (exact) mass is 1170 g/mol. The third kappa shape index (κ3) is 13.8. The molecule has 0 unspecified atom stereocenters. The van der Waals surface area contributed by atoms with Crippen LogP contribution < -0.4 is 15.8 Å². The van der Waals surface area contributed by atoms with Gasteiger partial charge in [-0.15, -0.1) is 0 Å². The van der Waals surface area contributed by atoms with Crippen LogP contribution in [0.3, 0.4) is 0 Å². The maximum atomic E-state index is 7.18. The molecule has 0 aliphatic carbocycles. The molecule has 0 saturated carbocycles. The first-order chi connectivity index (χ1) is 42.2. The lowest BCUT2D eigenvalue weighted by Gasteiger charge is -2.41. The van der Waals surface area contributed by atoms with Crippen molar-refractivity contribution in [3.63, 3.8) is 0 Å². The van der Waals surface area contributed by atoms with E-state index in [4.69, 9.17) is 8.83 Å². The van der Waals surface area contributed by atoms with E-state index in [-0.39, 0.29) is 28.4 Å². The van der Waals surface area contributed by atoms with Crippen molar-refractivity contribution in [3.8, 4) is 11.1 Å². The normalized spacial score (nSPS) is 13.4. The molecule has 4 heteroatoms. The van der Waals surface area contributed by atoms with Crippen LogP contribution in [0.15, 0.2) is 238 Å². The van der Waals surface area contributed by atoms with Crippen molar-refractivity contribution in [1.82, 2.24) is 0 Å².